The number of carboxylic acid groups (broad SMARTS) is 1. The molecule has 0 fully saturated rings. The molecule has 0 atom stereocenters. The molecule has 2 aromatic carbocycles. The minimum Gasteiger partial charge on any atom is -0.481 e. The zero-order valence-electron chi connectivity index (χ0n) is 14.6. The molecule has 0 saturated heterocycles. The third kappa shape index (κ3) is 3.10. The summed E-state index contributed by atoms with van der Waals surface area (Å²) in [5.74, 6) is -1.26. The lowest BCUT2D eigenvalue weighted by atomic mass is 9.93. The average molecular weight is 322 g/mol. The smallest absolute Gasteiger partial charge is 0.315 e. The summed E-state index contributed by atoms with van der Waals surface area (Å²) >= 11 is 0. The van der Waals surface area contributed by atoms with Crippen molar-refractivity contribution >= 4 is 5.97 Å². The van der Waals surface area contributed by atoms with Crippen molar-refractivity contribution in [3.63, 3.8) is 0 Å². The maximum Gasteiger partial charge on any atom is 0.315 e. The van der Waals surface area contributed by atoms with E-state index in [4.69, 9.17) is 0 Å². The third-order valence-corrected chi connectivity index (χ3v) is 5.03. The van der Waals surface area contributed by atoms with Crippen molar-refractivity contribution in [2.45, 2.75) is 58.3 Å². The third-order valence-electron chi connectivity index (χ3n) is 5.03. The normalized spacial score (nSPS) is 12.9. The first-order valence-corrected chi connectivity index (χ1v) is 9.14. The van der Waals surface area contributed by atoms with E-state index in [2.05, 4.69) is 50.2 Å². The van der Waals surface area contributed by atoms with E-state index >= 15 is 0 Å². The van der Waals surface area contributed by atoms with E-state index < -0.39 is 11.9 Å². The second kappa shape index (κ2) is 7.21. The number of hydrogen-bond donors (Lipinski definition) is 1. The van der Waals surface area contributed by atoms with Gasteiger partial charge < -0.3 is 5.11 Å². The van der Waals surface area contributed by atoms with Gasteiger partial charge in [-0.05, 0) is 59.1 Å². The molecule has 2 nitrogen and oxygen atoms in total. The highest BCUT2D eigenvalue weighted by atomic mass is 16.4. The molecule has 1 aliphatic rings. The van der Waals surface area contributed by atoms with Gasteiger partial charge in [-0.1, -0.05) is 63.1 Å². The fourth-order valence-corrected chi connectivity index (χ4v) is 3.70. The van der Waals surface area contributed by atoms with Gasteiger partial charge in [-0.3, -0.25) is 4.79 Å². The molecule has 0 amide bonds. The molecular formula is C22H26O2. The average Bonchev–Trinajstić information content (AvgIpc) is 2.90. The van der Waals surface area contributed by atoms with Crippen LogP contribution in [-0.4, -0.2) is 11.1 Å². The number of rotatable bonds is 7. The molecule has 0 heterocycles. The molecule has 0 saturated carbocycles. The number of benzene rings is 2. The van der Waals surface area contributed by atoms with E-state index in [1.54, 1.807) is 0 Å². The molecule has 0 spiro atoms. The summed E-state index contributed by atoms with van der Waals surface area (Å²) in [5, 5.41) is 9.84. The number of unbranched alkanes of at least 4 members (excludes halogenated alkanes) is 2. The molecule has 0 aliphatic heterocycles. The lowest BCUT2D eigenvalue weighted by Crippen LogP contribution is -2.10. The topological polar surface area (TPSA) is 37.3 Å². The van der Waals surface area contributed by atoms with Crippen molar-refractivity contribution in [2.24, 2.45) is 0 Å². The van der Waals surface area contributed by atoms with E-state index in [9.17, 15) is 9.90 Å². The van der Waals surface area contributed by atoms with Gasteiger partial charge in [0.15, 0.2) is 0 Å². The number of carbonyl (C=O) groups is 1. The predicted molar refractivity (Wildman–Crippen MR) is 98.6 cm³/mol. The van der Waals surface area contributed by atoms with E-state index in [-0.39, 0.29) is 0 Å². The molecule has 3 rings (SSSR count). The minimum atomic E-state index is -0.740. The first kappa shape index (κ1) is 16.8. The fraction of sp³-hybridized carbons (Fsp3) is 0.409. The van der Waals surface area contributed by atoms with Gasteiger partial charge in [0.25, 0.3) is 0 Å². The summed E-state index contributed by atoms with van der Waals surface area (Å²) in [6, 6.07) is 12.8. The maximum atomic E-state index is 12.0. The lowest BCUT2D eigenvalue weighted by Gasteiger charge is -2.10. The predicted octanol–water partition coefficient (Wildman–Crippen LogP) is 5.57. The van der Waals surface area contributed by atoms with Crippen molar-refractivity contribution in [1.82, 2.24) is 0 Å². The van der Waals surface area contributed by atoms with Crippen LogP contribution in [0.2, 0.25) is 0 Å². The van der Waals surface area contributed by atoms with Crippen molar-refractivity contribution in [3.05, 3.63) is 58.7 Å². The van der Waals surface area contributed by atoms with Gasteiger partial charge in [-0.15, -0.1) is 0 Å². The van der Waals surface area contributed by atoms with Gasteiger partial charge in [-0.2, -0.15) is 0 Å². The quantitative estimate of drug-likeness (QED) is 0.723. The van der Waals surface area contributed by atoms with Crippen LogP contribution in [0.4, 0.5) is 0 Å². The van der Waals surface area contributed by atoms with E-state index in [1.807, 2.05) is 0 Å². The largest absolute Gasteiger partial charge is 0.481 e. The molecule has 24 heavy (non-hydrogen) atoms. The Hall–Kier alpha value is -2.09. The molecule has 0 unspecified atom stereocenters. The maximum absolute atomic E-state index is 12.0. The van der Waals surface area contributed by atoms with Crippen LogP contribution in [0.25, 0.3) is 11.1 Å². The number of hydrogen-bond acceptors (Lipinski definition) is 1. The van der Waals surface area contributed by atoms with Gasteiger partial charge >= 0.3 is 5.97 Å². The van der Waals surface area contributed by atoms with Gasteiger partial charge in [0.2, 0.25) is 0 Å². The van der Waals surface area contributed by atoms with E-state index in [0.29, 0.717) is 0 Å². The minimum absolute atomic E-state index is 0.516. The Morgan fingerprint density at radius 3 is 1.71 bits per heavy atom. The first-order valence-electron chi connectivity index (χ1n) is 9.14. The lowest BCUT2D eigenvalue weighted by molar-refractivity contribution is -0.137. The van der Waals surface area contributed by atoms with Crippen LogP contribution in [0.1, 0.15) is 67.7 Å². The molecule has 2 aromatic rings. The van der Waals surface area contributed by atoms with Crippen molar-refractivity contribution in [1.29, 1.82) is 0 Å². The molecule has 1 aliphatic carbocycles. The zero-order valence-corrected chi connectivity index (χ0v) is 14.6. The van der Waals surface area contributed by atoms with Gasteiger partial charge in [0, 0.05) is 0 Å². The monoisotopic (exact) mass is 322 g/mol. The molecule has 0 radical (unpaired) electrons. The second-order valence-electron chi connectivity index (χ2n) is 6.82. The SMILES string of the molecule is CCCCc1ccc2c(c1)C(C(=O)O)c1cc(CCCC)ccc1-2. The highest BCUT2D eigenvalue weighted by molar-refractivity contribution is 5.93. The molecule has 0 aromatic heterocycles. The molecule has 0 bridgehead atoms. The summed E-state index contributed by atoms with van der Waals surface area (Å²) in [6.07, 6.45) is 6.64. The zero-order chi connectivity index (χ0) is 17.1. The van der Waals surface area contributed by atoms with Crippen LogP contribution in [0.3, 0.4) is 0 Å². The Morgan fingerprint density at radius 2 is 1.33 bits per heavy atom. The van der Waals surface area contributed by atoms with Crippen molar-refractivity contribution in [2.75, 3.05) is 0 Å². The van der Waals surface area contributed by atoms with Gasteiger partial charge in [-0.25, -0.2) is 0 Å². The van der Waals surface area contributed by atoms with Gasteiger partial charge in [0.05, 0.1) is 0 Å². The van der Waals surface area contributed by atoms with Crippen LogP contribution in [0.15, 0.2) is 36.4 Å². The summed E-state index contributed by atoms with van der Waals surface area (Å²) in [5.41, 5.74) is 6.64. The Labute approximate surface area is 144 Å². The Kier molecular flexibility index (Phi) is 5.03. The Morgan fingerprint density at radius 1 is 0.875 bits per heavy atom. The summed E-state index contributed by atoms with van der Waals surface area (Å²) in [7, 11) is 0. The number of aliphatic carboxylic acids is 1. The summed E-state index contributed by atoms with van der Waals surface area (Å²) < 4.78 is 0. The summed E-state index contributed by atoms with van der Waals surface area (Å²) in [6.45, 7) is 4.36. The second-order valence-corrected chi connectivity index (χ2v) is 6.82. The van der Waals surface area contributed by atoms with Crippen LogP contribution in [-0.2, 0) is 17.6 Å². The van der Waals surface area contributed by atoms with Crippen LogP contribution < -0.4 is 0 Å². The Bertz CT molecular complexity index is 688. The standard InChI is InChI=1S/C22H26O2/c1-3-5-7-15-9-11-17-18-12-10-16(8-6-4-2)14-20(18)21(22(23)24)19(17)13-15/h9-14,21H,3-8H2,1-2H3,(H,23,24). The van der Waals surface area contributed by atoms with Gasteiger partial charge in [0.1, 0.15) is 5.92 Å². The molecular weight excluding hydrogens is 296 g/mol. The molecule has 126 valence electrons. The van der Waals surface area contributed by atoms with Crippen molar-refractivity contribution < 1.29 is 9.90 Å². The van der Waals surface area contributed by atoms with E-state index in [0.717, 1.165) is 60.8 Å². The first-order chi connectivity index (χ1) is 11.7. The number of fused-ring (bicyclic) bond motifs is 3. The van der Waals surface area contributed by atoms with E-state index in [1.165, 1.54) is 11.1 Å². The highest BCUT2D eigenvalue weighted by Crippen LogP contribution is 2.45. The van der Waals surface area contributed by atoms with Crippen LogP contribution in [0.5, 0.6) is 0 Å². The Balaban J connectivity index is 2.01. The summed E-state index contributed by atoms with van der Waals surface area (Å²) in [4.78, 5) is 12.0. The molecule has 1 N–H and O–H groups in total. The molecule has 2 heteroatoms. The number of aryl methyl sites for hydroxylation is 2. The van der Waals surface area contributed by atoms with Crippen LogP contribution >= 0.6 is 0 Å². The highest BCUT2D eigenvalue weighted by Gasteiger charge is 2.34. The van der Waals surface area contributed by atoms with Crippen LogP contribution in [0, 0.1) is 0 Å². The van der Waals surface area contributed by atoms with Crippen molar-refractivity contribution in [3.8, 4) is 11.1 Å². The number of carboxylic acids is 1. The fourth-order valence-electron chi connectivity index (χ4n) is 3.70.